The summed E-state index contributed by atoms with van der Waals surface area (Å²) in [6.07, 6.45) is 17.1. The van der Waals surface area contributed by atoms with Crippen LogP contribution >= 0.6 is 0 Å². The van der Waals surface area contributed by atoms with E-state index in [2.05, 4.69) is 6.92 Å². The van der Waals surface area contributed by atoms with Crippen molar-refractivity contribution in [2.45, 2.75) is 114 Å². The van der Waals surface area contributed by atoms with Crippen LogP contribution in [0.5, 0.6) is 5.75 Å². The van der Waals surface area contributed by atoms with Gasteiger partial charge < -0.3 is 4.74 Å². The molecule has 1 aliphatic heterocycles. The molecule has 1 saturated carbocycles. The minimum atomic E-state index is -1.81. The summed E-state index contributed by atoms with van der Waals surface area (Å²) in [5, 5.41) is 0. The van der Waals surface area contributed by atoms with Crippen molar-refractivity contribution >= 4 is 8.80 Å². The molecule has 4 heteroatoms. The maximum atomic E-state index is 12.1. The van der Waals surface area contributed by atoms with Crippen molar-refractivity contribution in [3.63, 3.8) is 0 Å². The summed E-state index contributed by atoms with van der Waals surface area (Å²) in [7, 11) is -0.343. The molecular weight excluding hydrogens is 418 g/mol. The van der Waals surface area contributed by atoms with Gasteiger partial charge in [-0.3, -0.25) is 0 Å². The van der Waals surface area contributed by atoms with Gasteiger partial charge >= 0.3 is 6.08 Å². The van der Waals surface area contributed by atoms with Gasteiger partial charge in [0.05, 0.1) is 0 Å². The minimum absolute atomic E-state index is 0.343. The van der Waals surface area contributed by atoms with Crippen LogP contribution in [0.1, 0.15) is 102 Å². The Kier molecular flexibility index (Phi) is 11.3. The van der Waals surface area contributed by atoms with Gasteiger partial charge in [-0.1, -0.05) is 95.0 Å². The van der Waals surface area contributed by atoms with Crippen molar-refractivity contribution in [2.24, 2.45) is 11.8 Å². The molecule has 0 aromatic heterocycles. The van der Waals surface area contributed by atoms with E-state index in [4.69, 9.17) is 4.74 Å². The molecule has 0 bridgehead atoms. The third-order valence-electron chi connectivity index (χ3n) is 8.14. The first-order valence-electron chi connectivity index (χ1n) is 13.4. The van der Waals surface area contributed by atoms with Gasteiger partial charge in [-0.05, 0) is 61.1 Å². The monoisotopic (exact) mass is 462 g/mol. The highest BCUT2D eigenvalue weighted by molar-refractivity contribution is 6.58. The average molecular weight is 463 g/mol. The Labute approximate surface area is 196 Å². The molecule has 180 valence electrons. The number of rotatable bonds is 12. The second-order valence-electron chi connectivity index (χ2n) is 10.5. The molecule has 0 amide bonds. The van der Waals surface area contributed by atoms with Crippen molar-refractivity contribution < 1.29 is 13.5 Å². The van der Waals surface area contributed by atoms with E-state index in [1.54, 1.807) is 31.0 Å². The fraction of sp³-hybridized carbons (Fsp3) is 0.714. The molecule has 32 heavy (non-hydrogen) atoms. The van der Waals surface area contributed by atoms with Crippen molar-refractivity contribution in [1.82, 2.24) is 0 Å². The summed E-state index contributed by atoms with van der Waals surface area (Å²) in [6.45, 7) is 2.32. The van der Waals surface area contributed by atoms with E-state index in [-0.39, 0.29) is 8.80 Å². The summed E-state index contributed by atoms with van der Waals surface area (Å²) in [5.74, 6) is 3.05. The number of benzene rings is 1. The second-order valence-corrected chi connectivity index (χ2v) is 13.9. The lowest BCUT2D eigenvalue weighted by atomic mass is 9.77. The third kappa shape index (κ3) is 9.00. The quantitative estimate of drug-likeness (QED) is 0.171. The Balaban J connectivity index is 1.25. The van der Waals surface area contributed by atoms with Gasteiger partial charge in [-0.2, -0.15) is 8.78 Å². The normalized spacial score (nSPS) is 26.0. The number of halogens is 2. The van der Waals surface area contributed by atoms with Gasteiger partial charge in [0.15, 0.2) is 6.26 Å². The smallest absolute Gasteiger partial charge is 0.305 e. The molecule has 1 saturated heterocycles. The minimum Gasteiger partial charge on any atom is -0.459 e. The summed E-state index contributed by atoms with van der Waals surface area (Å²) in [4.78, 5) is 0. The van der Waals surface area contributed by atoms with Crippen molar-refractivity contribution in [3.05, 3.63) is 42.2 Å². The predicted molar refractivity (Wildman–Crippen MR) is 134 cm³/mol. The Morgan fingerprint density at radius 2 is 1.50 bits per heavy atom. The molecular formula is C28H44F2OSi. The fourth-order valence-corrected chi connectivity index (χ4v) is 9.69. The highest BCUT2D eigenvalue weighted by Gasteiger charge is 2.23. The Hall–Kier alpha value is -1.16. The maximum absolute atomic E-state index is 12.1. The van der Waals surface area contributed by atoms with Crippen LogP contribution in [-0.2, 0) is 0 Å². The van der Waals surface area contributed by atoms with Crippen LogP contribution in [0.25, 0.3) is 0 Å². The molecule has 0 atom stereocenters. The lowest BCUT2D eigenvalue weighted by Crippen LogP contribution is -2.21. The lowest BCUT2D eigenvalue weighted by molar-refractivity contribution is 0.297. The zero-order chi connectivity index (χ0) is 22.6. The number of unbranched alkanes of at least 4 members (excludes halogenated alkanes) is 3. The molecule has 1 aromatic carbocycles. The standard InChI is InChI=1S/C28H44F2OSi/c1-2-3-6-19-32-20-17-24(18-21-32)8-5-4-7-23-9-11-25(12-10-23)26-13-15-27(16-14-26)31-22-28(29)30/h13-16,22-25,32H,2-12,17-21H2,1H3. The van der Waals surface area contributed by atoms with Gasteiger partial charge in [0.2, 0.25) is 0 Å². The van der Waals surface area contributed by atoms with Gasteiger partial charge in [-0.25, -0.2) is 0 Å². The zero-order valence-corrected chi connectivity index (χ0v) is 21.3. The Bertz CT molecular complexity index is 655. The van der Waals surface area contributed by atoms with Crippen LogP contribution < -0.4 is 4.74 Å². The second kappa shape index (κ2) is 14.2. The predicted octanol–water partition coefficient (Wildman–Crippen LogP) is 9.46. The van der Waals surface area contributed by atoms with E-state index in [0.717, 1.165) is 11.8 Å². The topological polar surface area (TPSA) is 9.23 Å². The molecule has 1 nitrogen and oxygen atoms in total. The SMILES string of the molecule is CCCCC[SiH]1CCC(CCCCC2CCC(c3ccc(OC=C(F)F)cc3)CC2)CC1. The van der Waals surface area contributed by atoms with Gasteiger partial charge in [-0.15, -0.1) is 0 Å². The molecule has 3 rings (SSSR count). The molecule has 2 aliphatic rings. The van der Waals surface area contributed by atoms with E-state index in [0.29, 0.717) is 17.9 Å². The van der Waals surface area contributed by atoms with E-state index in [1.807, 2.05) is 24.3 Å². The first-order chi connectivity index (χ1) is 15.6. The zero-order valence-electron chi connectivity index (χ0n) is 20.2. The van der Waals surface area contributed by atoms with Crippen molar-refractivity contribution in [2.75, 3.05) is 0 Å². The maximum Gasteiger partial charge on any atom is 0.305 e. The highest BCUT2D eigenvalue weighted by atomic mass is 28.3. The van der Waals surface area contributed by atoms with Crippen LogP contribution in [0.2, 0.25) is 18.1 Å². The van der Waals surface area contributed by atoms with Crippen molar-refractivity contribution in [1.29, 1.82) is 0 Å². The van der Waals surface area contributed by atoms with Gasteiger partial charge in [0.25, 0.3) is 0 Å². The van der Waals surface area contributed by atoms with Crippen LogP contribution in [0.15, 0.2) is 36.6 Å². The average Bonchev–Trinajstić information content (AvgIpc) is 2.82. The van der Waals surface area contributed by atoms with E-state index < -0.39 is 6.08 Å². The number of ether oxygens (including phenoxy) is 1. The Morgan fingerprint density at radius 1 is 0.875 bits per heavy atom. The molecule has 1 heterocycles. The van der Waals surface area contributed by atoms with Crippen LogP contribution in [0.3, 0.4) is 0 Å². The van der Waals surface area contributed by atoms with E-state index in [9.17, 15) is 8.78 Å². The molecule has 1 aromatic rings. The number of hydrogen-bond donors (Lipinski definition) is 0. The van der Waals surface area contributed by atoms with Crippen LogP contribution in [-0.4, -0.2) is 8.80 Å². The molecule has 0 unspecified atom stereocenters. The lowest BCUT2D eigenvalue weighted by Gasteiger charge is -2.30. The van der Waals surface area contributed by atoms with Gasteiger partial charge in [0.1, 0.15) is 5.75 Å². The fourth-order valence-electron chi connectivity index (χ4n) is 6.07. The molecule has 2 fully saturated rings. The van der Waals surface area contributed by atoms with E-state index in [1.165, 1.54) is 76.2 Å². The molecule has 1 aliphatic carbocycles. The third-order valence-corrected chi connectivity index (χ3v) is 11.7. The summed E-state index contributed by atoms with van der Waals surface area (Å²) < 4.78 is 29.2. The first-order valence-corrected chi connectivity index (χ1v) is 15.9. The van der Waals surface area contributed by atoms with Crippen molar-refractivity contribution in [3.8, 4) is 5.75 Å². The molecule has 0 N–H and O–H groups in total. The first kappa shape index (κ1) is 25.5. The Morgan fingerprint density at radius 3 is 2.09 bits per heavy atom. The summed E-state index contributed by atoms with van der Waals surface area (Å²) >= 11 is 0. The van der Waals surface area contributed by atoms with Crippen LogP contribution in [0, 0.1) is 11.8 Å². The molecule has 0 spiro atoms. The summed E-state index contributed by atoms with van der Waals surface area (Å²) in [5.41, 5.74) is 1.33. The van der Waals surface area contributed by atoms with Gasteiger partial charge in [0, 0.05) is 8.80 Å². The molecule has 0 radical (unpaired) electrons. The highest BCUT2D eigenvalue weighted by Crippen LogP contribution is 2.38. The largest absolute Gasteiger partial charge is 0.459 e. The number of hydrogen-bond acceptors (Lipinski definition) is 1. The summed E-state index contributed by atoms with van der Waals surface area (Å²) in [6, 6.07) is 12.6. The van der Waals surface area contributed by atoms with Crippen LogP contribution in [0.4, 0.5) is 8.78 Å². The van der Waals surface area contributed by atoms with E-state index >= 15 is 0 Å².